The molecule has 2 aliphatic carbocycles. The number of alkyl halides is 5. The fourth-order valence-corrected chi connectivity index (χ4v) is 5.23. The summed E-state index contributed by atoms with van der Waals surface area (Å²) >= 11 is 6.13. The molecule has 3 aromatic rings. The third kappa shape index (κ3) is 2.99. The Morgan fingerprint density at radius 2 is 1.88 bits per heavy atom. The third-order valence-electron chi connectivity index (χ3n) is 6.98. The number of halogens is 6. The first-order chi connectivity index (χ1) is 15.5. The van der Waals surface area contributed by atoms with Crippen molar-refractivity contribution in [2.24, 2.45) is 0 Å². The maximum Gasteiger partial charge on any atom is 0.455 e. The largest absolute Gasteiger partial charge is 0.455 e. The molecule has 33 heavy (non-hydrogen) atoms. The highest BCUT2D eigenvalue weighted by Gasteiger charge is 2.64. The van der Waals surface area contributed by atoms with Crippen LogP contribution in [0.25, 0.3) is 5.65 Å². The first-order valence-corrected chi connectivity index (χ1v) is 10.8. The van der Waals surface area contributed by atoms with Gasteiger partial charge in [-0.25, -0.2) is 9.50 Å². The van der Waals surface area contributed by atoms with Gasteiger partial charge in [0.2, 0.25) is 5.91 Å². The van der Waals surface area contributed by atoms with Gasteiger partial charge in [0.1, 0.15) is 5.15 Å². The molecule has 0 bridgehead atoms. The Morgan fingerprint density at radius 1 is 1.12 bits per heavy atom. The van der Waals surface area contributed by atoms with Gasteiger partial charge in [0, 0.05) is 23.6 Å². The van der Waals surface area contributed by atoms with Crippen LogP contribution in [0.3, 0.4) is 0 Å². The van der Waals surface area contributed by atoms with E-state index in [0.29, 0.717) is 34.1 Å². The SMILES string of the molecule is O=C1N(CC(F)(F)C(F)(F)F)c2cc([C@H]3C[C@@H]3c3cc(Cl)nn4ccnc34)ccc2C12CC2. The highest BCUT2D eigenvalue weighted by Crippen LogP contribution is 2.61. The number of carbonyl (C=O) groups is 1. The van der Waals surface area contributed by atoms with Crippen LogP contribution in [0.4, 0.5) is 27.6 Å². The Bertz CT molecular complexity index is 1320. The predicted octanol–water partition coefficient (Wildman–Crippen LogP) is 5.23. The van der Waals surface area contributed by atoms with Crippen LogP contribution < -0.4 is 4.90 Å². The fraction of sp³-hybridized carbons (Fsp3) is 0.409. The van der Waals surface area contributed by atoms with E-state index in [4.69, 9.17) is 11.6 Å². The maximum atomic E-state index is 13.9. The van der Waals surface area contributed by atoms with Crippen LogP contribution in [0.15, 0.2) is 36.7 Å². The molecule has 0 saturated heterocycles. The number of amides is 1. The zero-order valence-electron chi connectivity index (χ0n) is 16.9. The van der Waals surface area contributed by atoms with Crippen molar-refractivity contribution >= 4 is 28.8 Å². The van der Waals surface area contributed by atoms with Crippen LogP contribution in [-0.4, -0.2) is 39.1 Å². The highest BCUT2D eigenvalue weighted by atomic mass is 35.5. The van der Waals surface area contributed by atoms with Crippen LogP contribution in [0.2, 0.25) is 5.15 Å². The fourth-order valence-electron chi connectivity index (χ4n) is 5.03. The Hall–Kier alpha value is -2.75. The van der Waals surface area contributed by atoms with Gasteiger partial charge in [-0.15, -0.1) is 0 Å². The minimum Gasteiger partial charge on any atom is -0.305 e. The van der Waals surface area contributed by atoms with E-state index in [2.05, 4.69) is 10.1 Å². The summed E-state index contributed by atoms with van der Waals surface area (Å²) in [6.07, 6.45) is -0.815. The highest BCUT2D eigenvalue weighted by molar-refractivity contribution is 6.29. The smallest absolute Gasteiger partial charge is 0.305 e. The molecule has 1 amide bonds. The lowest BCUT2D eigenvalue weighted by atomic mass is 9.95. The zero-order valence-corrected chi connectivity index (χ0v) is 17.7. The van der Waals surface area contributed by atoms with Gasteiger partial charge in [0.25, 0.3) is 0 Å². The molecule has 6 rings (SSSR count). The molecule has 1 spiro atoms. The molecule has 2 atom stereocenters. The van der Waals surface area contributed by atoms with E-state index in [-0.39, 0.29) is 17.5 Å². The van der Waals surface area contributed by atoms with Crippen molar-refractivity contribution in [3.8, 4) is 0 Å². The first kappa shape index (κ1) is 20.8. The number of hydrogen-bond acceptors (Lipinski definition) is 3. The Kier molecular flexibility index (Phi) is 4.06. The monoisotopic (exact) mass is 482 g/mol. The maximum absolute atomic E-state index is 13.9. The van der Waals surface area contributed by atoms with E-state index in [1.165, 1.54) is 0 Å². The van der Waals surface area contributed by atoms with Gasteiger partial charge in [-0.05, 0) is 54.4 Å². The number of nitrogens with zero attached hydrogens (tertiary/aromatic N) is 4. The molecule has 5 nitrogen and oxygen atoms in total. The van der Waals surface area contributed by atoms with Gasteiger partial charge in [0.05, 0.1) is 12.0 Å². The van der Waals surface area contributed by atoms with Crippen LogP contribution in [0.1, 0.15) is 47.8 Å². The van der Waals surface area contributed by atoms with Crippen molar-refractivity contribution in [1.29, 1.82) is 0 Å². The van der Waals surface area contributed by atoms with E-state index in [9.17, 15) is 26.7 Å². The summed E-state index contributed by atoms with van der Waals surface area (Å²) in [5.41, 5.74) is 2.06. The van der Waals surface area contributed by atoms with Crippen molar-refractivity contribution in [2.75, 3.05) is 11.4 Å². The standard InChI is InChI=1S/C22H16ClF5N4O/c23-17-9-14(18-29-5-6-32(18)30-17)13-8-12(13)11-1-2-15-16(7-11)31(19(33)20(15)3-4-20)10-21(24,25)22(26,27)28/h1-2,5-7,9,12-13H,3-4,8,10H2/t12-,13+/m1/s1. The molecule has 0 unspecified atom stereocenters. The molecule has 0 radical (unpaired) electrons. The van der Waals surface area contributed by atoms with Gasteiger partial charge in [0.15, 0.2) is 5.65 Å². The lowest BCUT2D eigenvalue weighted by Crippen LogP contribution is -2.49. The summed E-state index contributed by atoms with van der Waals surface area (Å²) in [5, 5.41) is 4.46. The number of carbonyl (C=O) groups excluding carboxylic acids is 1. The average Bonchev–Trinajstić information content (AvgIpc) is 3.64. The van der Waals surface area contributed by atoms with Gasteiger partial charge in [-0.1, -0.05) is 23.7 Å². The number of fused-ring (bicyclic) bond motifs is 3. The second-order valence-corrected chi connectivity index (χ2v) is 9.41. The Labute approximate surface area is 189 Å². The molecular formula is C22H16ClF5N4O. The van der Waals surface area contributed by atoms with Crippen LogP contribution in [0.5, 0.6) is 0 Å². The van der Waals surface area contributed by atoms with E-state index in [0.717, 1.165) is 17.5 Å². The Morgan fingerprint density at radius 3 is 2.58 bits per heavy atom. The van der Waals surface area contributed by atoms with E-state index in [1.54, 1.807) is 35.1 Å². The lowest BCUT2D eigenvalue weighted by molar-refractivity contribution is -0.276. The van der Waals surface area contributed by atoms with E-state index < -0.39 is 30.0 Å². The molecule has 2 saturated carbocycles. The average molecular weight is 483 g/mol. The summed E-state index contributed by atoms with van der Waals surface area (Å²) in [4.78, 5) is 17.8. The number of imidazole rings is 1. The number of aromatic nitrogens is 3. The quantitative estimate of drug-likeness (QED) is 0.478. The van der Waals surface area contributed by atoms with Gasteiger partial charge < -0.3 is 4.90 Å². The normalized spacial score (nSPS) is 23.5. The molecule has 11 heteroatoms. The van der Waals surface area contributed by atoms with Crippen LogP contribution >= 0.6 is 11.6 Å². The summed E-state index contributed by atoms with van der Waals surface area (Å²) in [6.45, 7) is -1.71. The molecule has 1 aromatic carbocycles. The van der Waals surface area contributed by atoms with E-state index in [1.807, 2.05) is 6.07 Å². The molecule has 0 N–H and O–H groups in total. The Balaban J connectivity index is 1.35. The topological polar surface area (TPSA) is 50.5 Å². The van der Waals surface area contributed by atoms with Crippen molar-refractivity contribution in [3.63, 3.8) is 0 Å². The molecule has 1 aliphatic heterocycles. The van der Waals surface area contributed by atoms with Crippen LogP contribution in [0, 0.1) is 0 Å². The van der Waals surface area contributed by atoms with E-state index >= 15 is 0 Å². The summed E-state index contributed by atoms with van der Waals surface area (Å²) in [5.74, 6) is -5.63. The van der Waals surface area contributed by atoms with Gasteiger partial charge >= 0.3 is 12.1 Å². The second-order valence-electron chi connectivity index (χ2n) is 9.02. The second kappa shape index (κ2) is 6.43. The summed E-state index contributed by atoms with van der Waals surface area (Å²) in [6, 6.07) is 6.89. The molecule has 172 valence electrons. The molecular weight excluding hydrogens is 467 g/mol. The molecule has 3 heterocycles. The lowest BCUT2D eigenvalue weighted by Gasteiger charge is -2.26. The minimum atomic E-state index is -5.73. The molecule has 2 fully saturated rings. The van der Waals surface area contributed by atoms with Gasteiger partial charge in [-0.3, -0.25) is 4.79 Å². The number of benzene rings is 1. The molecule has 3 aliphatic rings. The first-order valence-electron chi connectivity index (χ1n) is 10.4. The van der Waals surface area contributed by atoms with Crippen molar-refractivity contribution < 1.29 is 26.7 Å². The molecule has 2 aromatic heterocycles. The van der Waals surface area contributed by atoms with Crippen molar-refractivity contribution in [2.45, 2.75) is 48.6 Å². The number of hydrogen-bond donors (Lipinski definition) is 0. The van der Waals surface area contributed by atoms with Crippen molar-refractivity contribution in [1.82, 2.24) is 14.6 Å². The van der Waals surface area contributed by atoms with Gasteiger partial charge in [-0.2, -0.15) is 27.1 Å². The third-order valence-corrected chi connectivity index (χ3v) is 7.16. The summed E-state index contributed by atoms with van der Waals surface area (Å²) < 4.78 is 68.0. The minimum absolute atomic E-state index is 0.00472. The zero-order chi connectivity index (χ0) is 23.3. The van der Waals surface area contributed by atoms with Crippen molar-refractivity contribution in [3.05, 3.63) is 58.5 Å². The predicted molar refractivity (Wildman–Crippen MR) is 109 cm³/mol. The summed E-state index contributed by atoms with van der Waals surface area (Å²) in [7, 11) is 0. The number of rotatable bonds is 4. The van der Waals surface area contributed by atoms with Crippen LogP contribution in [-0.2, 0) is 10.2 Å². The number of anilines is 1.